The molecule has 5 nitrogen and oxygen atoms in total. The molecule has 1 unspecified atom stereocenters. The normalized spacial score (nSPS) is 16.7. The lowest BCUT2D eigenvalue weighted by Crippen LogP contribution is -2.26. The molecule has 0 radical (unpaired) electrons. The van der Waals surface area contributed by atoms with Crippen molar-refractivity contribution in [2.24, 2.45) is 0 Å². The standard InChI is InChI=1S/C25H24N4O/c30-23-13-7-5-11-21(23)25-27-22-12-6-4-10-20(22)24(28-25)26-19-14-15-29(17-19)16-18-8-2-1-3-9-18/h1-13,19,30H,14-17H2,(H,26,27,28). The highest BCUT2D eigenvalue weighted by atomic mass is 16.3. The van der Waals surface area contributed by atoms with Crippen molar-refractivity contribution in [3.63, 3.8) is 0 Å². The largest absolute Gasteiger partial charge is 0.507 e. The van der Waals surface area contributed by atoms with Gasteiger partial charge < -0.3 is 10.4 Å². The van der Waals surface area contributed by atoms with Crippen molar-refractivity contribution in [1.29, 1.82) is 0 Å². The third kappa shape index (κ3) is 3.84. The zero-order valence-electron chi connectivity index (χ0n) is 16.7. The SMILES string of the molecule is Oc1ccccc1-c1nc(NC2CCN(Cc3ccccc3)C2)c2ccccc2n1. The fourth-order valence-electron chi connectivity index (χ4n) is 4.10. The maximum Gasteiger partial charge on any atom is 0.165 e. The second-order valence-corrected chi connectivity index (χ2v) is 7.78. The number of nitrogens with zero attached hydrogens (tertiary/aromatic N) is 3. The number of phenolic OH excluding ortho intramolecular Hbond substituents is 1. The zero-order chi connectivity index (χ0) is 20.3. The van der Waals surface area contributed by atoms with Crippen molar-refractivity contribution in [3.05, 3.63) is 84.4 Å². The number of hydrogen-bond acceptors (Lipinski definition) is 5. The van der Waals surface area contributed by atoms with Crippen molar-refractivity contribution in [3.8, 4) is 17.1 Å². The van der Waals surface area contributed by atoms with Crippen molar-refractivity contribution >= 4 is 16.7 Å². The Hall–Kier alpha value is -3.44. The minimum Gasteiger partial charge on any atom is -0.507 e. The number of hydrogen-bond donors (Lipinski definition) is 2. The first kappa shape index (κ1) is 18.6. The molecule has 2 N–H and O–H groups in total. The number of benzene rings is 3. The number of aromatic nitrogens is 2. The molecule has 30 heavy (non-hydrogen) atoms. The maximum atomic E-state index is 10.3. The number of rotatable bonds is 5. The molecule has 0 saturated carbocycles. The Morgan fingerprint density at radius 3 is 2.53 bits per heavy atom. The molecular weight excluding hydrogens is 372 g/mol. The van der Waals surface area contributed by atoms with Crippen LogP contribution in [0.4, 0.5) is 5.82 Å². The van der Waals surface area contributed by atoms with Gasteiger partial charge in [-0.3, -0.25) is 4.90 Å². The quantitative estimate of drug-likeness (QED) is 0.512. The molecule has 1 aromatic heterocycles. The van der Waals surface area contributed by atoms with Crippen LogP contribution in [0, 0.1) is 0 Å². The van der Waals surface area contributed by atoms with E-state index in [2.05, 4.69) is 40.5 Å². The first-order valence-corrected chi connectivity index (χ1v) is 10.3. The van der Waals surface area contributed by atoms with E-state index in [1.54, 1.807) is 12.1 Å². The number of likely N-dealkylation sites (tertiary alicyclic amines) is 1. The van der Waals surface area contributed by atoms with Crippen LogP contribution in [0.5, 0.6) is 5.75 Å². The van der Waals surface area contributed by atoms with Crippen molar-refractivity contribution in [2.75, 3.05) is 18.4 Å². The van der Waals surface area contributed by atoms with Crippen LogP contribution in [0.2, 0.25) is 0 Å². The molecule has 1 fully saturated rings. The highest BCUT2D eigenvalue weighted by Gasteiger charge is 2.24. The Bertz CT molecular complexity index is 1160. The summed E-state index contributed by atoms with van der Waals surface area (Å²) in [5.41, 5.74) is 2.85. The first-order valence-electron chi connectivity index (χ1n) is 10.3. The summed E-state index contributed by atoms with van der Waals surface area (Å²) in [4.78, 5) is 12.0. The third-order valence-corrected chi connectivity index (χ3v) is 5.61. The molecule has 1 saturated heterocycles. The predicted octanol–water partition coefficient (Wildman–Crippen LogP) is 4.69. The molecule has 0 amide bonds. The van der Waals surface area contributed by atoms with E-state index in [9.17, 15) is 5.11 Å². The highest BCUT2D eigenvalue weighted by molar-refractivity contribution is 5.91. The maximum absolute atomic E-state index is 10.3. The van der Waals surface area contributed by atoms with Gasteiger partial charge in [-0.15, -0.1) is 0 Å². The number of aromatic hydroxyl groups is 1. The lowest BCUT2D eigenvalue weighted by atomic mass is 10.1. The van der Waals surface area contributed by atoms with E-state index in [1.807, 2.05) is 36.4 Å². The van der Waals surface area contributed by atoms with Crippen LogP contribution >= 0.6 is 0 Å². The van der Waals surface area contributed by atoms with Crippen molar-refractivity contribution in [1.82, 2.24) is 14.9 Å². The van der Waals surface area contributed by atoms with Gasteiger partial charge >= 0.3 is 0 Å². The molecule has 3 aromatic carbocycles. The van der Waals surface area contributed by atoms with Crippen molar-refractivity contribution in [2.45, 2.75) is 19.0 Å². The molecule has 5 rings (SSSR count). The summed E-state index contributed by atoms with van der Waals surface area (Å²) in [6.45, 7) is 2.99. The number of nitrogens with one attached hydrogen (secondary N) is 1. The van der Waals surface area contributed by atoms with Crippen LogP contribution in [0.1, 0.15) is 12.0 Å². The summed E-state index contributed by atoms with van der Waals surface area (Å²) in [5.74, 6) is 1.55. The minimum absolute atomic E-state index is 0.189. The molecule has 5 heteroatoms. The van der Waals surface area contributed by atoms with E-state index in [0.29, 0.717) is 17.4 Å². The van der Waals surface area contributed by atoms with Gasteiger partial charge in [0.05, 0.1) is 11.1 Å². The summed E-state index contributed by atoms with van der Waals surface area (Å²) >= 11 is 0. The zero-order valence-corrected chi connectivity index (χ0v) is 16.7. The Morgan fingerprint density at radius 2 is 1.67 bits per heavy atom. The third-order valence-electron chi connectivity index (χ3n) is 5.61. The summed E-state index contributed by atoms with van der Waals surface area (Å²) in [6, 6.07) is 26.1. The fraction of sp³-hybridized carbons (Fsp3) is 0.200. The second kappa shape index (κ2) is 8.13. The molecule has 1 atom stereocenters. The fourth-order valence-corrected chi connectivity index (χ4v) is 4.10. The van der Waals surface area contributed by atoms with E-state index in [-0.39, 0.29) is 5.75 Å². The van der Waals surface area contributed by atoms with Crippen LogP contribution in [0.15, 0.2) is 78.9 Å². The van der Waals surface area contributed by atoms with E-state index < -0.39 is 0 Å². The van der Waals surface area contributed by atoms with Gasteiger partial charge in [0.1, 0.15) is 11.6 Å². The van der Waals surface area contributed by atoms with Gasteiger partial charge in [0.2, 0.25) is 0 Å². The molecule has 2 heterocycles. The van der Waals surface area contributed by atoms with Gasteiger partial charge in [-0.25, -0.2) is 9.97 Å². The summed E-state index contributed by atoms with van der Waals surface area (Å²) < 4.78 is 0. The van der Waals surface area contributed by atoms with Crippen LogP contribution in [0.3, 0.4) is 0 Å². The molecule has 4 aromatic rings. The van der Waals surface area contributed by atoms with Gasteiger partial charge in [-0.1, -0.05) is 54.6 Å². The summed E-state index contributed by atoms with van der Waals surface area (Å²) in [7, 11) is 0. The van der Waals surface area contributed by atoms with Crippen LogP contribution in [-0.2, 0) is 6.54 Å². The lowest BCUT2D eigenvalue weighted by Gasteiger charge is -2.18. The molecule has 1 aliphatic heterocycles. The van der Waals surface area contributed by atoms with Crippen LogP contribution in [-0.4, -0.2) is 39.1 Å². The molecule has 0 aliphatic carbocycles. The number of para-hydroxylation sites is 2. The Labute approximate surface area is 176 Å². The number of anilines is 1. The van der Waals surface area contributed by atoms with E-state index in [0.717, 1.165) is 42.8 Å². The van der Waals surface area contributed by atoms with E-state index in [4.69, 9.17) is 9.97 Å². The summed E-state index contributed by atoms with van der Waals surface area (Å²) in [5, 5.41) is 14.9. The first-order chi connectivity index (χ1) is 14.8. The van der Waals surface area contributed by atoms with Gasteiger partial charge in [0.25, 0.3) is 0 Å². The Morgan fingerprint density at radius 1 is 0.900 bits per heavy atom. The topological polar surface area (TPSA) is 61.3 Å². The molecule has 0 bridgehead atoms. The molecular formula is C25H24N4O. The van der Waals surface area contributed by atoms with E-state index in [1.165, 1.54) is 5.56 Å². The Balaban J connectivity index is 1.41. The second-order valence-electron chi connectivity index (χ2n) is 7.78. The van der Waals surface area contributed by atoms with Crippen LogP contribution in [0.25, 0.3) is 22.3 Å². The number of phenols is 1. The average Bonchev–Trinajstić information content (AvgIpc) is 3.21. The number of fused-ring (bicyclic) bond motifs is 1. The average molecular weight is 396 g/mol. The van der Waals surface area contributed by atoms with Crippen LogP contribution < -0.4 is 5.32 Å². The molecule has 1 aliphatic rings. The lowest BCUT2D eigenvalue weighted by molar-refractivity contribution is 0.328. The highest BCUT2D eigenvalue weighted by Crippen LogP contribution is 2.30. The van der Waals surface area contributed by atoms with Gasteiger partial charge in [0.15, 0.2) is 5.82 Å². The van der Waals surface area contributed by atoms with Crippen molar-refractivity contribution < 1.29 is 5.11 Å². The predicted molar refractivity (Wildman–Crippen MR) is 120 cm³/mol. The summed E-state index contributed by atoms with van der Waals surface area (Å²) in [6.07, 6.45) is 1.07. The monoisotopic (exact) mass is 396 g/mol. The van der Waals surface area contributed by atoms with Gasteiger partial charge in [-0.2, -0.15) is 0 Å². The van der Waals surface area contributed by atoms with Gasteiger partial charge in [0, 0.05) is 31.1 Å². The Kier molecular flexibility index (Phi) is 5.03. The molecule has 0 spiro atoms. The smallest absolute Gasteiger partial charge is 0.165 e. The van der Waals surface area contributed by atoms with E-state index >= 15 is 0 Å². The minimum atomic E-state index is 0.189. The molecule has 150 valence electrons. The van der Waals surface area contributed by atoms with Gasteiger partial charge in [-0.05, 0) is 36.2 Å².